The summed E-state index contributed by atoms with van der Waals surface area (Å²) < 4.78 is 0. The fourth-order valence-corrected chi connectivity index (χ4v) is 2.33. The Morgan fingerprint density at radius 2 is 1.83 bits per heavy atom. The van der Waals surface area contributed by atoms with Gasteiger partial charge >= 0.3 is 0 Å². The van der Waals surface area contributed by atoms with Gasteiger partial charge in [0.25, 0.3) is 0 Å². The average Bonchev–Trinajstić information content (AvgIpc) is 3.19. The fourth-order valence-electron chi connectivity index (χ4n) is 2.14. The van der Waals surface area contributed by atoms with E-state index in [-0.39, 0.29) is 17.9 Å². The first-order valence-electron chi connectivity index (χ1n) is 5.86. The summed E-state index contributed by atoms with van der Waals surface area (Å²) in [6, 6.07) is 17.0. The van der Waals surface area contributed by atoms with E-state index < -0.39 is 0 Å². The van der Waals surface area contributed by atoms with E-state index in [9.17, 15) is 4.79 Å². The highest BCUT2D eigenvalue weighted by Crippen LogP contribution is 2.33. The lowest BCUT2D eigenvalue weighted by atomic mass is 10.0. The van der Waals surface area contributed by atoms with Gasteiger partial charge in [0.15, 0.2) is 5.78 Å². The normalized spacial score (nSPS) is 21.6. The highest BCUT2D eigenvalue weighted by molar-refractivity contribution is 6.30. The van der Waals surface area contributed by atoms with Crippen LogP contribution in [0.25, 0.3) is 0 Å². The summed E-state index contributed by atoms with van der Waals surface area (Å²) in [4.78, 5) is 12.2. The van der Waals surface area contributed by atoms with E-state index in [1.54, 1.807) is 0 Å². The zero-order valence-corrected chi connectivity index (χ0v) is 10.4. The molecule has 1 aliphatic rings. The Hall–Kier alpha value is -1.64. The van der Waals surface area contributed by atoms with Crippen molar-refractivity contribution in [3.05, 3.63) is 70.7 Å². The summed E-state index contributed by atoms with van der Waals surface area (Å²) in [5.74, 6) is 0.139. The Labute approximate surface area is 111 Å². The molecule has 2 aromatic carbocycles. The number of carbonyl (C=O) groups is 1. The molecule has 1 saturated heterocycles. The molecule has 2 atom stereocenters. The van der Waals surface area contributed by atoms with Crippen LogP contribution in [0.5, 0.6) is 0 Å². The summed E-state index contributed by atoms with van der Waals surface area (Å²) >= 11 is 5.95. The highest BCUT2D eigenvalue weighted by Gasteiger charge is 2.43. The van der Waals surface area contributed by atoms with E-state index in [1.165, 1.54) is 0 Å². The maximum atomic E-state index is 12.2. The molecule has 0 radical (unpaired) electrons. The Morgan fingerprint density at radius 3 is 2.56 bits per heavy atom. The van der Waals surface area contributed by atoms with Crippen molar-refractivity contribution < 1.29 is 4.79 Å². The molecule has 0 unspecified atom stereocenters. The number of nitrogens with one attached hydrogen (secondary N) is 1. The van der Waals surface area contributed by atoms with Gasteiger partial charge in [0, 0.05) is 10.6 Å². The van der Waals surface area contributed by atoms with Crippen LogP contribution in [-0.4, -0.2) is 11.8 Å². The van der Waals surface area contributed by atoms with Gasteiger partial charge in [-0.05, 0) is 17.7 Å². The minimum absolute atomic E-state index is 0.0939. The third kappa shape index (κ3) is 2.17. The molecular formula is C15H12ClNO. The van der Waals surface area contributed by atoms with Crippen LogP contribution in [0.15, 0.2) is 54.6 Å². The lowest BCUT2D eigenvalue weighted by molar-refractivity contribution is 0.0988. The third-order valence-electron chi connectivity index (χ3n) is 3.13. The second-order valence-electron chi connectivity index (χ2n) is 4.41. The van der Waals surface area contributed by atoms with Crippen LogP contribution >= 0.6 is 11.6 Å². The van der Waals surface area contributed by atoms with Gasteiger partial charge in [-0.1, -0.05) is 54.1 Å². The maximum absolute atomic E-state index is 12.2. The van der Waals surface area contributed by atoms with Gasteiger partial charge in [0.05, 0.1) is 12.1 Å². The molecule has 3 rings (SSSR count). The first-order chi connectivity index (χ1) is 8.75. The smallest absolute Gasteiger partial charge is 0.181 e. The second kappa shape index (κ2) is 4.56. The molecule has 18 heavy (non-hydrogen) atoms. The lowest BCUT2D eigenvalue weighted by Gasteiger charge is -1.99. The van der Waals surface area contributed by atoms with Crippen molar-refractivity contribution in [2.75, 3.05) is 0 Å². The molecule has 1 N–H and O–H groups in total. The molecular weight excluding hydrogens is 246 g/mol. The minimum atomic E-state index is -0.120. The molecule has 2 aromatic rings. The van der Waals surface area contributed by atoms with Gasteiger partial charge in [0.1, 0.15) is 0 Å². The predicted molar refractivity (Wildman–Crippen MR) is 71.9 cm³/mol. The molecule has 0 saturated carbocycles. The van der Waals surface area contributed by atoms with Gasteiger partial charge in [-0.2, -0.15) is 0 Å². The number of carbonyl (C=O) groups excluding carboxylic acids is 1. The fraction of sp³-hybridized carbons (Fsp3) is 0.133. The van der Waals surface area contributed by atoms with Gasteiger partial charge in [0.2, 0.25) is 0 Å². The number of halogens is 1. The summed E-state index contributed by atoms with van der Waals surface area (Å²) in [6.07, 6.45) is 0. The lowest BCUT2D eigenvalue weighted by Crippen LogP contribution is -2.09. The molecule has 0 spiro atoms. The van der Waals surface area contributed by atoms with Gasteiger partial charge in [-0.3, -0.25) is 10.1 Å². The van der Waals surface area contributed by atoms with Crippen molar-refractivity contribution in [1.82, 2.24) is 5.32 Å². The van der Waals surface area contributed by atoms with E-state index in [1.807, 2.05) is 54.6 Å². The summed E-state index contributed by atoms with van der Waals surface area (Å²) in [6.45, 7) is 0. The molecule has 90 valence electrons. The number of rotatable bonds is 3. The van der Waals surface area contributed by atoms with Gasteiger partial charge in [-0.25, -0.2) is 0 Å². The molecule has 2 nitrogen and oxygen atoms in total. The zero-order valence-electron chi connectivity index (χ0n) is 9.64. The Kier molecular flexibility index (Phi) is 2.90. The predicted octanol–water partition coefficient (Wildman–Crippen LogP) is 3.24. The maximum Gasteiger partial charge on any atom is 0.181 e. The molecule has 0 aliphatic carbocycles. The van der Waals surface area contributed by atoms with E-state index in [4.69, 9.17) is 11.6 Å². The molecule has 0 aromatic heterocycles. The summed E-state index contributed by atoms with van der Waals surface area (Å²) in [5, 5.41) is 3.90. The minimum Gasteiger partial charge on any atom is -0.297 e. The van der Waals surface area contributed by atoms with Crippen molar-refractivity contribution in [2.45, 2.75) is 12.1 Å². The summed E-state index contributed by atoms with van der Waals surface area (Å²) in [7, 11) is 0. The first-order valence-corrected chi connectivity index (χ1v) is 6.24. The third-order valence-corrected chi connectivity index (χ3v) is 3.37. The Bertz CT molecular complexity index is 582. The number of ketones is 1. The highest BCUT2D eigenvalue weighted by atomic mass is 35.5. The van der Waals surface area contributed by atoms with Crippen LogP contribution in [-0.2, 0) is 0 Å². The monoisotopic (exact) mass is 257 g/mol. The van der Waals surface area contributed by atoms with Crippen LogP contribution < -0.4 is 5.32 Å². The standard InChI is InChI=1S/C15H12ClNO/c16-12-8-4-7-11(9-12)13-14(17-13)15(18)10-5-2-1-3-6-10/h1-9,13-14,17H/t13-,14+/m1/s1. The number of Topliss-reactive ketones (excluding diaryl/α,β-unsaturated/α-hetero) is 1. The topological polar surface area (TPSA) is 39.0 Å². The molecule has 1 heterocycles. The summed E-state index contributed by atoms with van der Waals surface area (Å²) in [5.41, 5.74) is 1.82. The molecule has 0 amide bonds. The van der Waals surface area contributed by atoms with Gasteiger partial charge in [-0.15, -0.1) is 0 Å². The first kappa shape index (κ1) is 11.5. The molecule has 0 bridgehead atoms. The van der Waals surface area contributed by atoms with Crippen molar-refractivity contribution in [2.24, 2.45) is 0 Å². The Balaban J connectivity index is 1.77. The average molecular weight is 258 g/mol. The van der Waals surface area contributed by atoms with Crippen molar-refractivity contribution in [1.29, 1.82) is 0 Å². The largest absolute Gasteiger partial charge is 0.297 e. The molecule has 3 heteroatoms. The van der Waals surface area contributed by atoms with E-state index in [0.29, 0.717) is 5.02 Å². The van der Waals surface area contributed by atoms with Crippen molar-refractivity contribution in [3.63, 3.8) is 0 Å². The van der Waals surface area contributed by atoms with E-state index in [0.717, 1.165) is 11.1 Å². The van der Waals surface area contributed by atoms with Crippen LogP contribution in [0, 0.1) is 0 Å². The number of hydrogen-bond donors (Lipinski definition) is 1. The van der Waals surface area contributed by atoms with E-state index in [2.05, 4.69) is 5.32 Å². The van der Waals surface area contributed by atoms with Gasteiger partial charge < -0.3 is 0 Å². The van der Waals surface area contributed by atoms with Crippen LogP contribution in [0.3, 0.4) is 0 Å². The SMILES string of the molecule is O=C(c1ccccc1)[C@H]1N[C@@H]1c1cccc(Cl)c1. The van der Waals surface area contributed by atoms with Crippen molar-refractivity contribution >= 4 is 17.4 Å². The van der Waals surface area contributed by atoms with Crippen LogP contribution in [0.2, 0.25) is 5.02 Å². The molecule has 1 fully saturated rings. The molecule has 1 aliphatic heterocycles. The second-order valence-corrected chi connectivity index (χ2v) is 4.84. The van der Waals surface area contributed by atoms with Crippen molar-refractivity contribution in [3.8, 4) is 0 Å². The number of hydrogen-bond acceptors (Lipinski definition) is 2. The quantitative estimate of drug-likeness (QED) is 0.677. The Morgan fingerprint density at radius 1 is 1.06 bits per heavy atom. The van der Waals surface area contributed by atoms with E-state index >= 15 is 0 Å². The van der Waals surface area contributed by atoms with Crippen LogP contribution in [0.1, 0.15) is 22.0 Å². The zero-order chi connectivity index (χ0) is 12.5. The number of benzene rings is 2. The van der Waals surface area contributed by atoms with Crippen LogP contribution in [0.4, 0.5) is 0 Å².